The molecular weight excluding hydrogens is 433 g/mol. The minimum atomic E-state index is -3.79. The second-order valence-corrected chi connectivity index (χ2v) is 7.59. The van der Waals surface area contributed by atoms with Crippen LogP contribution in [0.5, 0.6) is 0 Å². The fraction of sp³-hybridized carbons (Fsp3) is 0. The smallest absolute Gasteiger partial charge is 0.262 e. The molecule has 3 N–H and O–H groups in total. The maximum Gasteiger partial charge on any atom is 0.262 e. The maximum absolute atomic E-state index is 12.2. The van der Waals surface area contributed by atoms with Crippen LogP contribution >= 0.6 is 43.5 Å². The zero-order valence-electron chi connectivity index (χ0n) is 9.77. The van der Waals surface area contributed by atoms with Gasteiger partial charge in [0.2, 0.25) is 0 Å². The number of halogens is 3. The Labute approximate surface area is 137 Å². The van der Waals surface area contributed by atoms with Crippen molar-refractivity contribution >= 4 is 64.9 Å². The lowest BCUT2D eigenvalue weighted by Crippen LogP contribution is -2.14. The van der Waals surface area contributed by atoms with Gasteiger partial charge in [0.15, 0.2) is 5.15 Å². The first kappa shape index (κ1) is 15.6. The van der Waals surface area contributed by atoms with Gasteiger partial charge in [-0.15, -0.1) is 0 Å². The van der Waals surface area contributed by atoms with Crippen LogP contribution in [0.15, 0.2) is 44.3 Å². The highest BCUT2D eigenvalue weighted by molar-refractivity contribution is 9.10. The van der Waals surface area contributed by atoms with Crippen LogP contribution in [0.4, 0.5) is 11.4 Å². The van der Waals surface area contributed by atoms with Gasteiger partial charge >= 0.3 is 0 Å². The van der Waals surface area contributed by atoms with E-state index < -0.39 is 10.0 Å². The Balaban J connectivity index is 2.40. The summed E-state index contributed by atoms with van der Waals surface area (Å²) in [6.07, 6.45) is 1.47. The standard InChI is InChI=1S/C11H8Br2ClN3O2S/c12-6-3-10(11(14)16-5-6)17-20(18,19)7-1-2-8(13)9(15)4-7/h1-5,17H,15H2. The molecule has 0 atom stereocenters. The lowest BCUT2D eigenvalue weighted by Gasteiger charge is -2.10. The zero-order chi connectivity index (χ0) is 14.9. The van der Waals surface area contributed by atoms with E-state index in [1.165, 1.54) is 24.4 Å². The largest absolute Gasteiger partial charge is 0.398 e. The second-order valence-electron chi connectivity index (χ2n) is 3.78. The van der Waals surface area contributed by atoms with Gasteiger partial charge in [-0.05, 0) is 56.1 Å². The van der Waals surface area contributed by atoms with Crippen LogP contribution in [0.1, 0.15) is 0 Å². The van der Waals surface area contributed by atoms with E-state index in [1.54, 1.807) is 6.07 Å². The summed E-state index contributed by atoms with van der Waals surface area (Å²) < 4.78 is 28.1. The van der Waals surface area contributed by atoms with Crippen molar-refractivity contribution in [1.82, 2.24) is 4.98 Å². The third-order valence-electron chi connectivity index (χ3n) is 2.33. The van der Waals surface area contributed by atoms with Crippen molar-refractivity contribution in [2.45, 2.75) is 4.90 Å². The first-order valence-electron chi connectivity index (χ1n) is 5.18. The van der Waals surface area contributed by atoms with Gasteiger partial charge in [0.1, 0.15) is 0 Å². The van der Waals surface area contributed by atoms with Gasteiger partial charge in [0.25, 0.3) is 10.0 Å². The summed E-state index contributed by atoms with van der Waals surface area (Å²) >= 11 is 12.3. The van der Waals surface area contributed by atoms with Crippen molar-refractivity contribution in [3.05, 3.63) is 44.6 Å². The highest BCUT2D eigenvalue weighted by atomic mass is 79.9. The molecule has 106 valence electrons. The van der Waals surface area contributed by atoms with Crippen molar-refractivity contribution < 1.29 is 8.42 Å². The van der Waals surface area contributed by atoms with Crippen LogP contribution in [0.2, 0.25) is 5.15 Å². The minimum absolute atomic E-state index is 0.0363. The molecule has 0 saturated carbocycles. The average molecular weight is 442 g/mol. The first-order chi connectivity index (χ1) is 9.29. The van der Waals surface area contributed by atoms with Crippen LogP contribution in [0.25, 0.3) is 0 Å². The molecule has 20 heavy (non-hydrogen) atoms. The zero-order valence-corrected chi connectivity index (χ0v) is 14.5. The van der Waals surface area contributed by atoms with Gasteiger partial charge in [0.05, 0.1) is 10.6 Å². The van der Waals surface area contributed by atoms with E-state index in [9.17, 15) is 8.42 Å². The fourth-order valence-electron chi connectivity index (χ4n) is 1.39. The number of nitrogen functional groups attached to an aromatic ring is 1. The summed E-state index contributed by atoms with van der Waals surface area (Å²) in [6.45, 7) is 0. The molecule has 0 amide bonds. The highest BCUT2D eigenvalue weighted by Crippen LogP contribution is 2.27. The van der Waals surface area contributed by atoms with E-state index in [2.05, 4.69) is 41.6 Å². The molecule has 1 heterocycles. The van der Waals surface area contributed by atoms with Crippen molar-refractivity contribution in [2.24, 2.45) is 0 Å². The molecule has 5 nitrogen and oxygen atoms in total. The van der Waals surface area contributed by atoms with Crippen molar-refractivity contribution in [3.63, 3.8) is 0 Å². The minimum Gasteiger partial charge on any atom is -0.398 e. The first-order valence-corrected chi connectivity index (χ1v) is 8.63. The molecule has 0 aliphatic rings. The molecule has 1 aromatic heterocycles. The van der Waals surface area contributed by atoms with Crippen LogP contribution in [-0.4, -0.2) is 13.4 Å². The summed E-state index contributed by atoms with van der Waals surface area (Å²) in [6, 6.07) is 5.87. The van der Waals surface area contributed by atoms with Crippen LogP contribution in [-0.2, 0) is 10.0 Å². The predicted molar refractivity (Wildman–Crippen MR) is 86.3 cm³/mol. The molecule has 0 bridgehead atoms. The highest BCUT2D eigenvalue weighted by Gasteiger charge is 2.17. The summed E-state index contributed by atoms with van der Waals surface area (Å²) in [5.74, 6) is 0. The Bertz CT molecular complexity index is 768. The van der Waals surface area contributed by atoms with Gasteiger partial charge in [-0.2, -0.15) is 0 Å². The molecule has 1 aromatic carbocycles. The maximum atomic E-state index is 12.2. The number of nitrogens with two attached hydrogens (primary N) is 1. The summed E-state index contributed by atoms with van der Waals surface area (Å²) in [5.41, 5.74) is 6.19. The summed E-state index contributed by atoms with van der Waals surface area (Å²) in [7, 11) is -3.79. The number of hydrogen-bond acceptors (Lipinski definition) is 4. The lowest BCUT2D eigenvalue weighted by molar-refractivity contribution is 0.601. The number of nitrogens with one attached hydrogen (secondary N) is 1. The molecule has 0 fully saturated rings. The fourth-order valence-corrected chi connectivity index (χ4v) is 3.26. The third-order valence-corrected chi connectivity index (χ3v) is 5.15. The van der Waals surface area contributed by atoms with Crippen LogP contribution in [0.3, 0.4) is 0 Å². The van der Waals surface area contributed by atoms with Gasteiger partial charge in [-0.1, -0.05) is 11.6 Å². The summed E-state index contributed by atoms with van der Waals surface area (Å²) in [5, 5.41) is 0.0573. The molecular formula is C11H8Br2ClN3O2S. The van der Waals surface area contributed by atoms with Gasteiger partial charge in [-0.25, -0.2) is 13.4 Å². The Morgan fingerprint density at radius 1 is 1.25 bits per heavy atom. The number of aromatic nitrogens is 1. The number of sulfonamides is 1. The van der Waals surface area contributed by atoms with Gasteiger partial charge in [0, 0.05) is 20.8 Å². The van der Waals surface area contributed by atoms with Crippen molar-refractivity contribution in [2.75, 3.05) is 10.5 Å². The molecule has 9 heteroatoms. The topological polar surface area (TPSA) is 85.1 Å². The van der Waals surface area contributed by atoms with E-state index in [1.807, 2.05) is 0 Å². The Morgan fingerprint density at radius 3 is 2.60 bits per heavy atom. The number of benzene rings is 1. The summed E-state index contributed by atoms with van der Waals surface area (Å²) in [4.78, 5) is 3.88. The van der Waals surface area contributed by atoms with Crippen molar-refractivity contribution in [3.8, 4) is 0 Å². The van der Waals surface area contributed by atoms with Crippen molar-refractivity contribution in [1.29, 1.82) is 0 Å². The number of hydrogen-bond donors (Lipinski definition) is 2. The van der Waals surface area contributed by atoms with E-state index in [0.29, 0.717) is 14.6 Å². The monoisotopic (exact) mass is 439 g/mol. The predicted octanol–water partition coefficient (Wildman–Crippen LogP) is 3.64. The van der Waals surface area contributed by atoms with Gasteiger partial charge in [-0.3, -0.25) is 4.72 Å². The normalized spacial score (nSPS) is 11.3. The molecule has 0 radical (unpaired) electrons. The molecule has 0 saturated heterocycles. The van der Waals surface area contributed by atoms with E-state index in [-0.39, 0.29) is 15.7 Å². The number of rotatable bonds is 3. The van der Waals surface area contributed by atoms with E-state index in [4.69, 9.17) is 17.3 Å². The number of anilines is 2. The Hall–Kier alpha value is -0.830. The number of pyridine rings is 1. The van der Waals surface area contributed by atoms with Crippen LogP contribution in [0, 0.1) is 0 Å². The number of nitrogens with zero attached hydrogens (tertiary/aromatic N) is 1. The SMILES string of the molecule is Nc1cc(S(=O)(=O)Nc2cc(Br)cnc2Cl)ccc1Br. The molecule has 0 unspecified atom stereocenters. The molecule has 2 rings (SSSR count). The lowest BCUT2D eigenvalue weighted by atomic mass is 10.3. The molecule has 0 aliphatic carbocycles. The second kappa shape index (κ2) is 5.88. The average Bonchev–Trinajstić information content (AvgIpc) is 2.36. The van der Waals surface area contributed by atoms with Crippen LogP contribution < -0.4 is 10.5 Å². The Kier molecular flexibility index (Phi) is 4.58. The quantitative estimate of drug-likeness (QED) is 0.563. The molecule has 0 spiro atoms. The molecule has 2 aromatic rings. The van der Waals surface area contributed by atoms with E-state index in [0.717, 1.165) is 0 Å². The molecule has 0 aliphatic heterocycles. The van der Waals surface area contributed by atoms with Gasteiger partial charge < -0.3 is 5.73 Å². The van der Waals surface area contributed by atoms with E-state index >= 15 is 0 Å². The Morgan fingerprint density at radius 2 is 1.95 bits per heavy atom. The third kappa shape index (κ3) is 3.43.